The van der Waals surface area contributed by atoms with Crippen LogP contribution in [0, 0.1) is 0 Å². The summed E-state index contributed by atoms with van der Waals surface area (Å²) >= 11 is 0. The SMILES string of the molecule is COc1cc2c(cc1OC)CN(CC(=O)Nc1cccc(C(C)=O)c1)CC2. The summed E-state index contributed by atoms with van der Waals surface area (Å²) in [5.74, 6) is 1.30. The molecule has 142 valence electrons. The number of Topliss-reactive ketones (excluding diaryl/α,β-unsaturated/α-hetero) is 1. The number of nitrogens with zero attached hydrogens (tertiary/aromatic N) is 1. The highest BCUT2D eigenvalue weighted by atomic mass is 16.5. The molecule has 1 heterocycles. The van der Waals surface area contributed by atoms with Crippen LogP contribution in [0.25, 0.3) is 0 Å². The summed E-state index contributed by atoms with van der Waals surface area (Å²) in [7, 11) is 3.25. The molecule has 6 heteroatoms. The zero-order valence-corrected chi connectivity index (χ0v) is 15.9. The molecule has 1 aliphatic rings. The van der Waals surface area contributed by atoms with E-state index < -0.39 is 0 Å². The number of amides is 1. The van der Waals surface area contributed by atoms with Crippen molar-refractivity contribution in [3.05, 3.63) is 53.1 Å². The third-order valence-corrected chi connectivity index (χ3v) is 4.72. The van der Waals surface area contributed by atoms with Crippen LogP contribution >= 0.6 is 0 Å². The minimum Gasteiger partial charge on any atom is -0.493 e. The Labute approximate surface area is 159 Å². The lowest BCUT2D eigenvalue weighted by Crippen LogP contribution is -2.37. The molecule has 1 amide bonds. The van der Waals surface area contributed by atoms with Crippen molar-refractivity contribution in [1.82, 2.24) is 4.90 Å². The monoisotopic (exact) mass is 368 g/mol. The summed E-state index contributed by atoms with van der Waals surface area (Å²) in [4.78, 5) is 26.0. The first-order valence-electron chi connectivity index (χ1n) is 8.87. The van der Waals surface area contributed by atoms with Gasteiger partial charge in [0.25, 0.3) is 0 Å². The molecular weight excluding hydrogens is 344 g/mol. The topological polar surface area (TPSA) is 67.9 Å². The highest BCUT2D eigenvalue weighted by Crippen LogP contribution is 2.33. The Balaban J connectivity index is 1.65. The molecule has 0 bridgehead atoms. The van der Waals surface area contributed by atoms with Gasteiger partial charge < -0.3 is 14.8 Å². The van der Waals surface area contributed by atoms with Crippen molar-refractivity contribution in [3.63, 3.8) is 0 Å². The minimum atomic E-state index is -0.0976. The van der Waals surface area contributed by atoms with Crippen LogP contribution in [0.15, 0.2) is 36.4 Å². The lowest BCUT2D eigenvalue weighted by Gasteiger charge is -2.29. The number of hydrogen-bond acceptors (Lipinski definition) is 5. The van der Waals surface area contributed by atoms with Gasteiger partial charge in [0.2, 0.25) is 5.91 Å². The van der Waals surface area contributed by atoms with E-state index in [0.717, 1.165) is 24.3 Å². The van der Waals surface area contributed by atoms with Crippen LogP contribution in [-0.4, -0.2) is 43.9 Å². The maximum atomic E-state index is 12.4. The van der Waals surface area contributed by atoms with Gasteiger partial charge in [-0.3, -0.25) is 14.5 Å². The van der Waals surface area contributed by atoms with Gasteiger partial charge >= 0.3 is 0 Å². The van der Waals surface area contributed by atoms with Gasteiger partial charge in [-0.2, -0.15) is 0 Å². The standard InChI is InChI=1S/C21H24N2O4/c1-14(24)15-5-4-6-18(9-15)22-21(25)13-23-8-7-16-10-19(26-2)20(27-3)11-17(16)12-23/h4-6,9-11H,7-8,12-13H2,1-3H3,(H,22,25). The Morgan fingerprint density at radius 1 is 1.07 bits per heavy atom. The third kappa shape index (κ3) is 4.46. The molecule has 0 radical (unpaired) electrons. The van der Waals surface area contributed by atoms with Gasteiger partial charge in [-0.25, -0.2) is 0 Å². The first-order valence-corrected chi connectivity index (χ1v) is 8.87. The van der Waals surface area contributed by atoms with Crippen LogP contribution in [0.4, 0.5) is 5.69 Å². The number of fused-ring (bicyclic) bond motifs is 1. The molecule has 0 fully saturated rings. The fourth-order valence-corrected chi connectivity index (χ4v) is 3.30. The first kappa shape index (κ1) is 18.9. The summed E-state index contributed by atoms with van der Waals surface area (Å²) in [6.07, 6.45) is 0.850. The van der Waals surface area contributed by atoms with E-state index in [4.69, 9.17) is 9.47 Å². The Morgan fingerprint density at radius 2 is 1.78 bits per heavy atom. The Bertz CT molecular complexity index is 863. The normalized spacial score (nSPS) is 13.6. The molecule has 0 saturated carbocycles. The summed E-state index contributed by atoms with van der Waals surface area (Å²) < 4.78 is 10.7. The van der Waals surface area contributed by atoms with Gasteiger partial charge in [-0.1, -0.05) is 12.1 Å². The van der Waals surface area contributed by atoms with Crippen LogP contribution in [-0.2, 0) is 17.8 Å². The van der Waals surface area contributed by atoms with Gasteiger partial charge in [0, 0.05) is 24.3 Å². The van der Waals surface area contributed by atoms with Crippen molar-refractivity contribution in [2.24, 2.45) is 0 Å². The number of ketones is 1. The zero-order valence-electron chi connectivity index (χ0n) is 15.9. The largest absolute Gasteiger partial charge is 0.493 e. The van der Waals surface area contributed by atoms with Crippen molar-refractivity contribution in [3.8, 4) is 11.5 Å². The van der Waals surface area contributed by atoms with Crippen molar-refractivity contribution in [2.75, 3.05) is 32.6 Å². The van der Waals surface area contributed by atoms with Crippen LogP contribution < -0.4 is 14.8 Å². The van der Waals surface area contributed by atoms with E-state index >= 15 is 0 Å². The van der Waals surface area contributed by atoms with Gasteiger partial charge in [-0.15, -0.1) is 0 Å². The quantitative estimate of drug-likeness (QED) is 0.794. The average molecular weight is 368 g/mol. The molecule has 3 rings (SSSR count). The van der Waals surface area contributed by atoms with Crippen LogP contribution in [0.2, 0.25) is 0 Å². The van der Waals surface area contributed by atoms with Crippen molar-refractivity contribution in [1.29, 1.82) is 0 Å². The fraction of sp³-hybridized carbons (Fsp3) is 0.333. The maximum Gasteiger partial charge on any atom is 0.238 e. The smallest absolute Gasteiger partial charge is 0.238 e. The molecule has 2 aromatic carbocycles. The highest BCUT2D eigenvalue weighted by Gasteiger charge is 2.21. The lowest BCUT2D eigenvalue weighted by molar-refractivity contribution is -0.117. The van der Waals surface area contributed by atoms with Crippen LogP contribution in [0.1, 0.15) is 28.4 Å². The number of benzene rings is 2. The van der Waals surface area contributed by atoms with Crippen molar-refractivity contribution < 1.29 is 19.1 Å². The van der Waals surface area contributed by atoms with E-state index in [1.54, 1.807) is 38.5 Å². The summed E-state index contributed by atoms with van der Waals surface area (Å²) in [6, 6.07) is 11.0. The zero-order chi connectivity index (χ0) is 19.4. The Kier molecular flexibility index (Phi) is 5.76. The predicted molar refractivity (Wildman–Crippen MR) is 104 cm³/mol. The predicted octanol–water partition coefficient (Wildman–Crippen LogP) is 2.90. The van der Waals surface area contributed by atoms with Crippen molar-refractivity contribution in [2.45, 2.75) is 19.9 Å². The molecule has 0 aromatic heterocycles. The fourth-order valence-electron chi connectivity index (χ4n) is 3.30. The van der Waals surface area contributed by atoms with E-state index in [0.29, 0.717) is 23.5 Å². The second-order valence-electron chi connectivity index (χ2n) is 6.62. The molecule has 1 aliphatic heterocycles. The maximum absolute atomic E-state index is 12.4. The van der Waals surface area contributed by atoms with E-state index in [1.807, 2.05) is 12.1 Å². The van der Waals surface area contributed by atoms with Crippen LogP contribution in [0.3, 0.4) is 0 Å². The molecule has 0 unspecified atom stereocenters. The van der Waals surface area contributed by atoms with E-state index in [9.17, 15) is 9.59 Å². The van der Waals surface area contributed by atoms with E-state index in [-0.39, 0.29) is 18.2 Å². The number of carbonyl (C=O) groups is 2. The molecule has 27 heavy (non-hydrogen) atoms. The van der Waals surface area contributed by atoms with Gasteiger partial charge in [-0.05, 0) is 48.7 Å². The molecule has 0 atom stereocenters. The molecule has 2 aromatic rings. The number of carbonyl (C=O) groups excluding carboxylic acids is 2. The minimum absolute atomic E-state index is 0.0249. The molecule has 0 aliphatic carbocycles. The Morgan fingerprint density at radius 3 is 2.44 bits per heavy atom. The summed E-state index contributed by atoms with van der Waals surface area (Å²) in [5, 5.41) is 2.87. The second kappa shape index (κ2) is 8.22. The number of rotatable bonds is 6. The molecular formula is C21H24N2O4. The number of anilines is 1. The van der Waals surface area contributed by atoms with E-state index in [1.165, 1.54) is 12.5 Å². The molecule has 6 nitrogen and oxygen atoms in total. The molecule has 0 spiro atoms. The summed E-state index contributed by atoms with van der Waals surface area (Å²) in [5.41, 5.74) is 3.58. The summed E-state index contributed by atoms with van der Waals surface area (Å²) in [6.45, 7) is 3.27. The lowest BCUT2D eigenvalue weighted by atomic mass is 9.99. The third-order valence-electron chi connectivity index (χ3n) is 4.72. The Hall–Kier alpha value is -2.86. The number of methoxy groups -OCH3 is 2. The number of nitrogens with one attached hydrogen (secondary N) is 1. The molecule has 1 N–H and O–H groups in total. The van der Waals surface area contributed by atoms with Gasteiger partial charge in [0.1, 0.15) is 0 Å². The van der Waals surface area contributed by atoms with E-state index in [2.05, 4.69) is 10.2 Å². The highest BCUT2D eigenvalue weighted by molar-refractivity contribution is 5.97. The van der Waals surface area contributed by atoms with Crippen molar-refractivity contribution >= 4 is 17.4 Å². The average Bonchev–Trinajstić information content (AvgIpc) is 2.66. The van der Waals surface area contributed by atoms with Gasteiger partial charge in [0.05, 0.1) is 20.8 Å². The number of hydrogen-bond donors (Lipinski definition) is 1. The van der Waals surface area contributed by atoms with Crippen LogP contribution in [0.5, 0.6) is 11.5 Å². The first-order chi connectivity index (χ1) is 13.0. The molecule has 0 saturated heterocycles. The number of ether oxygens (including phenoxy) is 2. The van der Waals surface area contributed by atoms with Gasteiger partial charge in [0.15, 0.2) is 17.3 Å². The second-order valence-corrected chi connectivity index (χ2v) is 6.62.